The molecule has 0 spiro atoms. The number of carbonyl (C=O) groups is 3. The highest BCUT2D eigenvalue weighted by Gasteiger charge is 2.35. The SMILES string of the molecule is CCN(Cc1ccccc1NC(=O)C1CC(=O)N(c2ccc(C)cc2)C1)C(C)=O. The van der Waals surface area contributed by atoms with Crippen molar-refractivity contribution in [1.29, 1.82) is 0 Å². The minimum absolute atomic E-state index is 0.0104. The summed E-state index contributed by atoms with van der Waals surface area (Å²) in [6.45, 7) is 6.85. The van der Waals surface area contributed by atoms with Gasteiger partial charge in [0.05, 0.1) is 5.92 Å². The average Bonchev–Trinajstić information content (AvgIpc) is 3.09. The minimum atomic E-state index is -0.410. The molecule has 3 amide bonds. The summed E-state index contributed by atoms with van der Waals surface area (Å²) >= 11 is 0. The minimum Gasteiger partial charge on any atom is -0.339 e. The van der Waals surface area contributed by atoms with E-state index in [4.69, 9.17) is 0 Å². The van der Waals surface area contributed by atoms with Gasteiger partial charge in [-0.3, -0.25) is 14.4 Å². The molecule has 0 saturated carbocycles. The first-order valence-electron chi connectivity index (χ1n) is 9.90. The van der Waals surface area contributed by atoms with Crippen LogP contribution in [0.2, 0.25) is 0 Å². The van der Waals surface area contributed by atoms with Gasteiger partial charge in [0.2, 0.25) is 17.7 Å². The van der Waals surface area contributed by atoms with Gasteiger partial charge in [-0.25, -0.2) is 0 Å². The molecule has 1 heterocycles. The highest BCUT2D eigenvalue weighted by molar-refractivity contribution is 6.03. The molecule has 1 unspecified atom stereocenters. The number of amides is 3. The second-order valence-corrected chi connectivity index (χ2v) is 7.42. The Morgan fingerprint density at radius 2 is 1.83 bits per heavy atom. The van der Waals surface area contributed by atoms with Crippen molar-refractivity contribution in [3.8, 4) is 0 Å². The number of aryl methyl sites for hydroxylation is 1. The van der Waals surface area contributed by atoms with Crippen LogP contribution in [0.5, 0.6) is 0 Å². The van der Waals surface area contributed by atoms with Crippen LogP contribution < -0.4 is 10.2 Å². The Morgan fingerprint density at radius 1 is 1.14 bits per heavy atom. The highest BCUT2D eigenvalue weighted by Crippen LogP contribution is 2.27. The summed E-state index contributed by atoms with van der Waals surface area (Å²) in [5.74, 6) is -0.641. The molecule has 1 saturated heterocycles. The van der Waals surface area contributed by atoms with Crippen LogP contribution in [-0.4, -0.2) is 35.7 Å². The molecule has 152 valence electrons. The first kappa shape index (κ1) is 20.6. The Hall–Kier alpha value is -3.15. The van der Waals surface area contributed by atoms with Gasteiger partial charge < -0.3 is 15.1 Å². The van der Waals surface area contributed by atoms with Crippen molar-refractivity contribution < 1.29 is 14.4 Å². The van der Waals surface area contributed by atoms with Gasteiger partial charge in [0.25, 0.3) is 0 Å². The van der Waals surface area contributed by atoms with Crippen molar-refractivity contribution in [2.45, 2.75) is 33.7 Å². The van der Waals surface area contributed by atoms with Crippen molar-refractivity contribution in [2.75, 3.05) is 23.3 Å². The molecule has 6 heteroatoms. The van der Waals surface area contributed by atoms with Crippen LogP contribution in [0.15, 0.2) is 48.5 Å². The van der Waals surface area contributed by atoms with Gasteiger partial charge in [0.15, 0.2) is 0 Å². The fraction of sp³-hybridized carbons (Fsp3) is 0.348. The van der Waals surface area contributed by atoms with Gasteiger partial charge in [-0.05, 0) is 37.6 Å². The number of nitrogens with one attached hydrogen (secondary N) is 1. The third-order valence-corrected chi connectivity index (χ3v) is 5.30. The third-order valence-electron chi connectivity index (χ3n) is 5.30. The lowest BCUT2D eigenvalue weighted by Crippen LogP contribution is -2.30. The fourth-order valence-corrected chi connectivity index (χ4v) is 3.52. The van der Waals surface area contributed by atoms with E-state index in [1.165, 1.54) is 6.92 Å². The van der Waals surface area contributed by atoms with Crippen LogP contribution in [0.1, 0.15) is 31.4 Å². The van der Waals surface area contributed by atoms with Crippen molar-refractivity contribution in [2.24, 2.45) is 5.92 Å². The van der Waals surface area contributed by atoms with Gasteiger partial charge >= 0.3 is 0 Å². The van der Waals surface area contributed by atoms with E-state index in [1.54, 1.807) is 9.80 Å². The molecule has 6 nitrogen and oxygen atoms in total. The number of benzene rings is 2. The first-order valence-corrected chi connectivity index (χ1v) is 9.90. The predicted octanol–water partition coefficient (Wildman–Crippen LogP) is 3.36. The van der Waals surface area contributed by atoms with Crippen LogP contribution in [-0.2, 0) is 20.9 Å². The third kappa shape index (κ3) is 4.83. The van der Waals surface area contributed by atoms with Crippen LogP contribution in [0.4, 0.5) is 11.4 Å². The molecule has 1 N–H and O–H groups in total. The Kier molecular flexibility index (Phi) is 6.32. The second-order valence-electron chi connectivity index (χ2n) is 7.42. The zero-order valence-electron chi connectivity index (χ0n) is 17.1. The molecule has 2 aromatic rings. The standard InChI is InChI=1S/C23H27N3O3/c1-4-25(17(3)27)14-18-7-5-6-8-21(18)24-23(29)19-13-22(28)26(15-19)20-11-9-16(2)10-12-20/h5-12,19H,4,13-15H2,1-3H3,(H,24,29). The zero-order chi connectivity index (χ0) is 21.0. The van der Waals surface area contributed by atoms with E-state index in [9.17, 15) is 14.4 Å². The van der Waals surface area contributed by atoms with Gasteiger partial charge in [-0.2, -0.15) is 0 Å². The Morgan fingerprint density at radius 3 is 2.48 bits per heavy atom. The number of rotatable bonds is 6. The normalized spacial score (nSPS) is 16.0. The Labute approximate surface area is 171 Å². The van der Waals surface area contributed by atoms with Crippen LogP contribution in [0, 0.1) is 12.8 Å². The number of anilines is 2. The smallest absolute Gasteiger partial charge is 0.229 e. The molecule has 29 heavy (non-hydrogen) atoms. The molecule has 0 aliphatic carbocycles. The summed E-state index contributed by atoms with van der Waals surface area (Å²) in [7, 11) is 0. The summed E-state index contributed by atoms with van der Waals surface area (Å²) in [4.78, 5) is 40.4. The van der Waals surface area contributed by atoms with E-state index in [1.807, 2.05) is 62.4 Å². The second kappa shape index (κ2) is 8.90. The van der Waals surface area contributed by atoms with Crippen molar-refractivity contribution in [1.82, 2.24) is 4.90 Å². The molecule has 1 fully saturated rings. The van der Waals surface area contributed by atoms with Crippen LogP contribution >= 0.6 is 0 Å². The van der Waals surface area contributed by atoms with E-state index in [0.29, 0.717) is 25.3 Å². The monoisotopic (exact) mass is 393 g/mol. The van der Waals surface area contributed by atoms with Crippen molar-refractivity contribution >= 4 is 29.1 Å². The van der Waals surface area contributed by atoms with E-state index >= 15 is 0 Å². The largest absolute Gasteiger partial charge is 0.339 e. The van der Waals surface area contributed by atoms with Crippen molar-refractivity contribution in [3.05, 3.63) is 59.7 Å². The molecular weight excluding hydrogens is 366 g/mol. The fourth-order valence-electron chi connectivity index (χ4n) is 3.52. The van der Waals surface area contributed by atoms with E-state index < -0.39 is 5.92 Å². The predicted molar refractivity (Wildman–Crippen MR) is 113 cm³/mol. The molecule has 0 aromatic heterocycles. The highest BCUT2D eigenvalue weighted by atomic mass is 16.2. The summed E-state index contributed by atoms with van der Waals surface area (Å²) in [6, 6.07) is 15.2. The summed E-state index contributed by atoms with van der Waals surface area (Å²) in [6.07, 6.45) is 0.191. The van der Waals surface area contributed by atoms with E-state index in [2.05, 4.69) is 5.32 Å². The zero-order valence-corrected chi connectivity index (χ0v) is 17.1. The van der Waals surface area contributed by atoms with Crippen molar-refractivity contribution in [3.63, 3.8) is 0 Å². The van der Waals surface area contributed by atoms with Gasteiger partial charge in [-0.1, -0.05) is 35.9 Å². The van der Waals surface area contributed by atoms with E-state index in [0.717, 1.165) is 16.8 Å². The maximum atomic E-state index is 12.9. The quantitative estimate of drug-likeness (QED) is 0.818. The number of hydrogen-bond donors (Lipinski definition) is 1. The lowest BCUT2D eigenvalue weighted by molar-refractivity contribution is -0.129. The summed E-state index contributed by atoms with van der Waals surface area (Å²) in [5.41, 5.74) is 3.49. The van der Waals surface area contributed by atoms with Gasteiger partial charge in [0.1, 0.15) is 0 Å². The molecule has 1 aliphatic rings. The molecule has 3 rings (SSSR count). The lowest BCUT2D eigenvalue weighted by Gasteiger charge is -2.21. The molecule has 0 bridgehead atoms. The van der Waals surface area contributed by atoms with Crippen LogP contribution in [0.3, 0.4) is 0 Å². The maximum absolute atomic E-state index is 12.9. The average molecular weight is 393 g/mol. The lowest BCUT2D eigenvalue weighted by atomic mass is 10.1. The first-order chi connectivity index (χ1) is 13.9. The molecule has 2 aromatic carbocycles. The number of para-hydroxylation sites is 1. The topological polar surface area (TPSA) is 69.7 Å². The number of nitrogens with zero attached hydrogens (tertiary/aromatic N) is 2. The molecule has 0 radical (unpaired) electrons. The number of carbonyl (C=O) groups excluding carboxylic acids is 3. The summed E-state index contributed by atoms with van der Waals surface area (Å²) in [5, 5.41) is 2.97. The Bertz CT molecular complexity index is 908. The maximum Gasteiger partial charge on any atom is 0.229 e. The van der Waals surface area contributed by atoms with Gasteiger partial charge in [0, 0.05) is 44.4 Å². The summed E-state index contributed by atoms with van der Waals surface area (Å²) < 4.78 is 0. The van der Waals surface area contributed by atoms with Crippen LogP contribution in [0.25, 0.3) is 0 Å². The number of hydrogen-bond acceptors (Lipinski definition) is 3. The van der Waals surface area contributed by atoms with E-state index in [-0.39, 0.29) is 24.1 Å². The Balaban J connectivity index is 1.70. The molecular formula is C23H27N3O3. The molecule has 1 aliphatic heterocycles. The van der Waals surface area contributed by atoms with Gasteiger partial charge in [-0.15, -0.1) is 0 Å². The molecule has 1 atom stereocenters.